The van der Waals surface area contributed by atoms with Gasteiger partial charge in [0.1, 0.15) is 0 Å². The van der Waals surface area contributed by atoms with Gasteiger partial charge >= 0.3 is 0 Å². The molecule has 0 bridgehead atoms. The van der Waals surface area contributed by atoms with Crippen LogP contribution in [0.25, 0.3) is 0 Å². The number of hydrogen-bond acceptors (Lipinski definition) is 3. The van der Waals surface area contributed by atoms with Crippen molar-refractivity contribution in [2.75, 3.05) is 25.4 Å². The number of likely N-dealkylation sites (tertiary alicyclic amines) is 1. The van der Waals surface area contributed by atoms with E-state index in [0.717, 1.165) is 17.3 Å². The fourth-order valence-electron chi connectivity index (χ4n) is 3.02. The SMILES string of the molecule is CCN1CCCC1CNC1CCCSC1C. The largest absolute Gasteiger partial charge is 0.311 e. The van der Waals surface area contributed by atoms with Crippen LogP contribution < -0.4 is 5.32 Å². The molecule has 16 heavy (non-hydrogen) atoms. The summed E-state index contributed by atoms with van der Waals surface area (Å²) in [5.41, 5.74) is 0. The molecule has 1 N–H and O–H groups in total. The van der Waals surface area contributed by atoms with E-state index in [-0.39, 0.29) is 0 Å². The standard InChI is InChI=1S/C13H26N2S/c1-3-15-8-4-6-12(15)10-14-13-7-5-9-16-11(13)2/h11-14H,3-10H2,1-2H3. The summed E-state index contributed by atoms with van der Waals surface area (Å²) in [5, 5.41) is 4.63. The number of hydrogen-bond donors (Lipinski definition) is 1. The Labute approximate surface area is 105 Å². The molecule has 2 heterocycles. The second-order valence-electron chi connectivity index (χ2n) is 5.16. The quantitative estimate of drug-likeness (QED) is 0.814. The van der Waals surface area contributed by atoms with Gasteiger partial charge in [-0.05, 0) is 44.5 Å². The van der Waals surface area contributed by atoms with Gasteiger partial charge in [0.05, 0.1) is 0 Å². The molecule has 0 aromatic carbocycles. The third kappa shape index (κ3) is 3.14. The van der Waals surface area contributed by atoms with Crippen molar-refractivity contribution in [2.45, 2.75) is 56.9 Å². The zero-order valence-electron chi connectivity index (χ0n) is 10.7. The third-order valence-electron chi connectivity index (χ3n) is 4.13. The van der Waals surface area contributed by atoms with Crippen molar-refractivity contribution in [1.82, 2.24) is 10.2 Å². The summed E-state index contributed by atoms with van der Waals surface area (Å²) in [6, 6.07) is 1.57. The first-order valence-corrected chi connectivity index (χ1v) is 7.95. The van der Waals surface area contributed by atoms with Crippen molar-refractivity contribution in [3.8, 4) is 0 Å². The summed E-state index contributed by atoms with van der Waals surface area (Å²) in [6.07, 6.45) is 5.58. The summed E-state index contributed by atoms with van der Waals surface area (Å²) in [7, 11) is 0. The third-order valence-corrected chi connectivity index (χ3v) is 5.51. The van der Waals surface area contributed by atoms with Gasteiger partial charge in [0.15, 0.2) is 0 Å². The van der Waals surface area contributed by atoms with Gasteiger partial charge in [-0.3, -0.25) is 4.90 Å². The smallest absolute Gasteiger partial charge is 0.0221 e. The van der Waals surface area contributed by atoms with Crippen molar-refractivity contribution >= 4 is 11.8 Å². The minimum atomic E-state index is 0.762. The van der Waals surface area contributed by atoms with E-state index in [0.29, 0.717) is 0 Å². The first-order chi connectivity index (χ1) is 7.81. The fourth-order valence-corrected chi connectivity index (χ4v) is 4.19. The second-order valence-corrected chi connectivity index (χ2v) is 6.64. The summed E-state index contributed by atoms with van der Waals surface area (Å²) < 4.78 is 0. The summed E-state index contributed by atoms with van der Waals surface area (Å²) >= 11 is 2.14. The van der Waals surface area contributed by atoms with Crippen molar-refractivity contribution in [3.05, 3.63) is 0 Å². The van der Waals surface area contributed by atoms with Crippen LogP contribution in [0.5, 0.6) is 0 Å². The molecule has 2 saturated heterocycles. The number of likely N-dealkylation sites (N-methyl/N-ethyl adjacent to an activating group) is 1. The van der Waals surface area contributed by atoms with Gasteiger partial charge in [0.2, 0.25) is 0 Å². The van der Waals surface area contributed by atoms with Crippen LogP contribution >= 0.6 is 11.8 Å². The first-order valence-electron chi connectivity index (χ1n) is 6.90. The lowest BCUT2D eigenvalue weighted by molar-refractivity contribution is 0.251. The maximum atomic E-state index is 3.82. The Morgan fingerprint density at radius 1 is 1.31 bits per heavy atom. The molecule has 0 amide bonds. The molecule has 0 aromatic heterocycles. The van der Waals surface area contributed by atoms with Gasteiger partial charge < -0.3 is 5.32 Å². The zero-order valence-corrected chi connectivity index (χ0v) is 11.6. The molecule has 3 unspecified atom stereocenters. The Bertz CT molecular complexity index is 208. The highest BCUT2D eigenvalue weighted by atomic mass is 32.2. The molecule has 0 aromatic rings. The average molecular weight is 242 g/mol. The Kier molecular flexibility index (Phi) is 4.98. The Hall–Kier alpha value is 0.270. The average Bonchev–Trinajstić information content (AvgIpc) is 2.75. The molecule has 2 aliphatic heterocycles. The minimum Gasteiger partial charge on any atom is -0.311 e. The van der Waals surface area contributed by atoms with Crippen molar-refractivity contribution < 1.29 is 0 Å². The lowest BCUT2D eigenvalue weighted by Crippen LogP contribution is -2.46. The lowest BCUT2D eigenvalue weighted by atomic mass is 10.1. The molecule has 2 rings (SSSR count). The topological polar surface area (TPSA) is 15.3 Å². The van der Waals surface area contributed by atoms with Gasteiger partial charge in [-0.15, -0.1) is 0 Å². The molecule has 0 spiro atoms. The van der Waals surface area contributed by atoms with Crippen molar-refractivity contribution in [1.29, 1.82) is 0 Å². The minimum absolute atomic E-state index is 0.762. The Morgan fingerprint density at radius 2 is 2.19 bits per heavy atom. The Morgan fingerprint density at radius 3 is 2.94 bits per heavy atom. The van der Waals surface area contributed by atoms with Gasteiger partial charge in [0.25, 0.3) is 0 Å². The van der Waals surface area contributed by atoms with Crippen LogP contribution in [-0.2, 0) is 0 Å². The molecule has 3 heteroatoms. The monoisotopic (exact) mass is 242 g/mol. The number of thioether (sulfide) groups is 1. The molecular weight excluding hydrogens is 216 g/mol. The van der Waals surface area contributed by atoms with Crippen molar-refractivity contribution in [3.63, 3.8) is 0 Å². The van der Waals surface area contributed by atoms with Gasteiger partial charge in [-0.2, -0.15) is 11.8 Å². The van der Waals surface area contributed by atoms with E-state index < -0.39 is 0 Å². The van der Waals surface area contributed by atoms with Crippen LogP contribution in [-0.4, -0.2) is 47.6 Å². The normalized spacial score (nSPS) is 36.8. The molecule has 94 valence electrons. The summed E-state index contributed by atoms with van der Waals surface area (Å²) in [4.78, 5) is 2.63. The molecule has 3 atom stereocenters. The van der Waals surface area contributed by atoms with Crippen LogP contribution in [0.15, 0.2) is 0 Å². The molecule has 2 fully saturated rings. The number of rotatable bonds is 4. The number of nitrogens with one attached hydrogen (secondary N) is 1. The first kappa shape index (κ1) is 12.7. The predicted molar refractivity (Wildman–Crippen MR) is 73.2 cm³/mol. The fraction of sp³-hybridized carbons (Fsp3) is 1.00. The highest BCUT2D eigenvalue weighted by Crippen LogP contribution is 2.25. The zero-order chi connectivity index (χ0) is 11.4. The maximum absolute atomic E-state index is 3.82. The van der Waals surface area contributed by atoms with Crippen LogP contribution in [0.2, 0.25) is 0 Å². The van der Waals surface area contributed by atoms with Gasteiger partial charge in [-0.25, -0.2) is 0 Å². The van der Waals surface area contributed by atoms with Crippen LogP contribution in [0.1, 0.15) is 39.5 Å². The van der Waals surface area contributed by atoms with Crippen molar-refractivity contribution in [2.24, 2.45) is 0 Å². The van der Waals surface area contributed by atoms with E-state index in [9.17, 15) is 0 Å². The molecular formula is C13H26N2S. The second kappa shape index (κ2) is 6.27. The highest BCUT2D eigenvalue weighted by Gasteiger charge is 2.26. The molecule has 2 aliphatic rings. The predicted octanol–water partition coefficient (Wildman–Crippen LogP) is 2.34. The van der Waals surface area contributed by atoms with Crippen LogP contribution in [0, 0.1) is 0 Å². The van der Waals surface area contributed by atoms with E-state index in [1.807, 2.05) is 0 Å². The van der Waals surface area contributed by atoms with Gasteiger partial charge in [0, 0.05) is 23.9 Å². The van der Waals surface area contributed by atoms with Crippen LogP contribution in [0.3, 0.4) is 0 Å². The summed E-state index contributed by atoms with van der Waals surface area (Å²) in [6.45, 7) is 8.42. The maximum Gasteiger partial charge on any atom is 0.0221 e. The Balaban J connectivity index is 1.73. The van der Waals surface area contributed by atoms with E-state index in [4.69, 9.17) is 0 Å². The van der Waals surface area contributed by atoms with E-state index in [2.05, 4.69) is 35.8 Å². The molecule has 2 nitrogen and oxygen atoms in total. The molecule has 0 aliphatic carbocycles. The lowest BCUT2D eigenvalue weighted by Gasteiger charge is -2.32. The van der Waals surface area contributed by atoms with Gasteiger partial charge in [-0.1, -0.05) is 13.8 Å². The van der Waals surface area contributed by atoms with E-state index in [1.165, 1.54) is 51.1 Å². The van der Waals surface area contributed by atoms with E-state index >= 15 is 0 Å². The summed E-state index contributed by atoms with van der Waals surface area (Å²) in [5.74, 6) is 1.36. The van der Waals surface area contributed by atoms with Crippen LogP contribution in [0.4, 0.5) is 0 Å². The highest BCUT2D eigenvalue weighted by molar-refractivity contribution is 7.99. The molecule has 0 saturated carbocycles. The molecule has 0 radical (unpaired) electrons. The van der Waals surface area contributed by atoms with E-state index in [1.54, 1.807) is 0 Å². The number of nitrogens with zero attached hydrogens (tertiary/aromatic N) is 1.